The van der Waals surface area contributed by atoms with Gasteiger partial charge in [-0.25, -0.2) is 4.39 Å². The minimum atomic E-state index is -0.382. The maximum absolute atomic E-state index is 12.6. The lowest BCUT2D eigenvalue weighted by Gasteiger charge is -2.12. The number of hydrogen-bond donors (Lipinski definition) is 2. The second-order valence-electron chi connectivity index (χ2n) is 2.95. The lowest BCUT2D eigenvalue weighted by atomic mass is 10.3. The van der Waals surface area contributed by atoms with Gasteiger partial charge in [-0.3, -0.25) is 11.3 Å². The first-order chi connectivity index (χ1) is 6.63. The van der Waals surface area contributed by atoms with Gasteiger partial charge in [0, 0.05) is 0 Å². The average Bonchev–Trinajstić information content (AvgIpc) is 2.16. The van der Waals surface area contributed by atoms with Crippen molar-refractivity contribution in [3.8, 4) is 5.75 Å². The molecule has 0 spiro atoms. The molecule has 1 rings (SSSR count). The Kier molecular flexibility index (Phi) is 4.13. The average molecular weight is 219 g/mol. The molecule has 5 heteroatoms. The highest BCUT2D eigenvalue weighted by atomic mass is 35.5. The van der Waals surface area contributed by atoms with Gasteiger partial charge in [0.05, 0.1) is 11.1 Å². The monoisotopic (exact) mass is 218 g/mol. The highest BCUT2D eigenvalue weighted by molar-refractivity contribution is 6.32. The second-order valence-corrected chi connectivity index (χ2v) is 3.36. The first-order valence-corrected chi connectivity index (χ1v) is 4.55. The van der Waals surface area contributed by atoms with Gasteiger partial charge >= 0.3 is 0 Å². The van der Waals surface area contributed by atoms with Crippen molar-refractivity contribution in [3.05, 3.63) is 29.0 Å². The summed E-state index contributed by atoms with van der Waals surface area (Å²) in [6, 6.07) is 4.00. The molecule has 78 valence electrons. The third kappa shape index (κ3) is 3.14. The Labute approximate surface area is 87.0 Å². The highest BCUT2D eigenvalue weighted by Crippen LogP contribution is 2.24. The highest BCUT2D eigenvalue weighted by Gasteiger charge is 2.04. The molecule has 3 N–H and O–H groups in total. The number of benzene rings is 1. The molecule has 0 radical (unpaired) electrons. The topological polar surface area (TPSA) is 47.3 Å². The maximum atomic E-state index is 12.6. The summed E-state index contributed by atoms with van der Waals surface area (Å²) in [6.07, 6.45) is 0. The Balaban J connectivity index is 2.59. The fourth-order valence-corrected chi connectivity index (χ4v) is 1.08. The second kappa shape index (κ2) is 5.14. The zero-order chi connectivity index (χ0) is 10.6. The molecule has 0 heterocycles. The molecule has 0 aliphatic rings. The van der Waals surface area contributed by atoms with Gasteiger partial charge in [0.2, 0.25) is 0 Å². The maximum Gasteiger partial charge on any atom is 0.138 e. The number of rotatable bonds is 4. The van der Waals surface area contributed by atoms with Gasteiger partial charge < -0.3 is 4.74 Å². The summed E-state index contributed by atoms with van der Waals surface area (Å²) in [5.74, 6) is 5.25. The normalized spacial score (nSPS) is 12.6. The van der Waals surface area contributed by atoms with Gasteiger partial charge in [-0.15, -0.1) is 0 Å². The Morgan fingerprint density at radius 3 is 2.93 bits per heavy atom. The summed E-state index contributed by atoms with van der Waals surface area (Å²) < 4.78 is 17.9. The van der Waals surface area contributed by atoms with Crippen LogP contribution in [0.2, 0.25) is 5.02 Å². The number of nitrogens with one attached hydrogen (secondary N) is 1. The summed E-state index contributed by atoms with van der Waals surface area (Å²) in [7, 11) is 0. The van der Waals surface area contributed by atoms with Crippen molar-refractivity contribution in [2.45, 2.75) is 13.0 Å². The lowest BCUT2D eigenvalue weighted by Crippen LogP contribution is -2.36. The quantitative estimate of drug-likeness (QED) is 0.598. The smallest absolute Gasteiger partial charge is 0.138 e. The van der Waals surface area contributed by atoms with Gasteiger partial charge in [-0.2, -0.15) is 0 Å². The summed E-state index contributed by atoms with van der Waals surface area (Å²) in [5, 5.41) is 0.259. The van der Waals surface area contributed by atoms with Crippen LogP contribution >= 0.6 is 11.6 Å². The Hall–Kier alpha value is -0.840. The van der Waals surface area contributed by atoms with Crippen molar-refractivity contribution in [1.29, 1.82) is 0 Å². The number of hydrazine groups is 1. The van der Waals surface area contributed by atoms with Gasteiger partial charge in [0.1, 0.15) is 18.2 Å². The summed E-state index contributed by atoms with van der Waals surface area (Å²) >= 11 is 5.74. The molecule has 0 bridgehead atoms. The van der Waals surface area contributed by atoms with Crippen molar-refractivity contribution >= 4 is 11.6 Å². The van der Waals surface area contributed by atoms with Crippen LogP contribution in [-0.2, 0) is 0 Å². The molecule has 0 aliphatic heterocycles. The molecule has 1 aromatic rings. The van der Waals surface area contributed by atoms with E-state index in [2.05, 4.69) is 5.43 Å². The van der Waals surface area contributed by atoms with Crippen LogP contribution in [-0.4, -0.2) is 12.6 Å². The zero-order valence-electron chi connectivity index (χ0n) is 7.76. The molecule has 14 heavy (non-hydrogen) atoms. The Bertz CT molecular complexity index is 309. The van der Waals surface area contributed by atoms with Crippen LogP contribution in [0.4, 0.5) is 4.39 Å². The number of halogens is 2. The molecule has 0 aromatic heterocycles. The van der Waals surface area contributed by atoms with Crippen molar-refractivity contribution in [2.75, 3.05) is 6.61 Å². The van der Waals surface area contributed by atoms with Crippen LogP contribution in [0, 0.1) is 5.82 Å². The minimum absolute atomic E-state index is 0.0103. The predicted molar refractivity (Wildman–Crippen MR) is 53.7 cm³/mol. The largest absolute Gasteiger partial charge is 0.490 e. The van der Waals surface area contributed by atoms with Gasteiger partial charge in [0.15, 0.2) is 0 Å². The van der Waals surface area contributed by atoms with E-state index in [1.54, 1.807) is 0 Å². The van der Waals surface area contributed by atoms with Crippen molar-refractivity contribution in [2.24, 2.45) is 5.84 Å². The van der Waals surface area contributed by atoms with E-state index in [-0.39, 0.29) is 16.9 Å². The van der Waals surface area contributed by atoms with Crippen LogP contribution in [0.15, 0.2) is 18.2 Å². The molecule has 1 atom stereocenters. The number of nitrogens with two attached hydrogens (primary N) is 1. The molecule has 0 saturated heterocycles. The molecule has 1 aromatic carbocycles. The molecule has 0 aliphatic carbocycles. The fourth-order valence-electron chi connectivity index (χ4n) is 0.855. The van der Waals surface area contributed by atoms with Crippen LogP contribution in [0.1, 0.15) is 6.92 Å². The Morgan fingerprint density at radius 2 is 2.36 bits per heavy atom. The van der Waals surface area contributed by atoms with Crippen molar-refractivity contribution in [3.63, 3.8) is 0 Å². The molecule has 1 unspecified atom stereocenters. The Morgan fingerprint density at radius 1 is 1.64 bits per heavy atom. The summed E-state index contributed by atoms with van der Waals surface area (Å²) in [4.78, 5) is 0. The standard InChI is InChI=1S/C9H12ClFN2O/c1-6(13-12)5-14-9-3-2-7(11)4-8(9)10/h2-4,6,13H,5,12H2,1H3. The van der Waals surface area contributed by atoms with Crippen molar-refractivity contribution in [1.82, 2.24) is 5.43 Å². The molecule has 0 fully saturated rings. The van der Waals surface area contributed by atoms with Gasteiger partial charge in [-0.1, -0.05) is 11.6 Å². The predicted octanol–water partition coefficient (Wildman–Crippen LogP) is 1.71. The van der Waals surface area contributed by atoms with E-state index in [0.29, 0.717) is 12.4 Å². The van der Waals surface area contributed by atoms with E-state index in [4.69, 9.17) is 22.2 Å². The molecular weight excluding hydrogens is 207 g/mol. The van der Waals surface area contributed by atoms with E-state index < -0.39 is 0 Å². The molecule has 3 nitrogen and oxygen atoms in total. The first kappa shape index (κ1) is 11.2. The number of ether oxygens (including phenoxy) is 1. The third-order valence-corrected chi connectivity index (χ3v) is 1.96. The minimum Gasteiger partial charge on any atom is -0.490 e. The molecule has 0 saturated carbocycles. The fraction of sp³-hybridized carbons (Fsp3) is 0.333. The van der Waals surface area contributed by atoms with E-state index in [1.165, 1.54) is 18.2 Å². The summed E-state index contributed by atoms with van der Waals surface area (Å²) in [6.45, 7) is 2.24. The van der Waals surface area contributed by atoms with Gasteiger partial charge in [-0.05, 0) is 25.1 Å². The van der Waals surface area contributed by atoms with Gasteiger partial charge in [0.25, 0.3) is 0 Å². The molecular formula is C9H12ClFN2O. The van der Waals surface area contributed by atoms with E-state index >= 15 is 0 Å². The van der Waals surface area contributed by atoms with Crippen LogP contribution in [0.5, 0.6) is 5.75 Å². The lowest BCUT2D eigenvalue weighted by molar-refractivity contribution is 0.274. The first-order valence-electron chi connectivity index (χ1n) is 4.17. The summed E-state index contributed by atoms with van der Waals surface area (Å²) in [5.41, 5.74) is 2.52. The van der Waals surface area contributed by atoms with E-state index in [9.17, 15) is 4.39 Å². The number of hydrogen-bond acceptors (Lipinski definition) is 3. The third-order valence-electron chi connectivity index (χ3n) is 1.67. The zero-order valence-corrected chi connectivity index (χ0v) is 8.51. The van der Waals surface area contributed by atoms with E-state index in [1.807, 2.05) is 6.92 Å². The van der Waals surface area contributed by atoms with Crippen LogP contribution in [0.3, 0.4) is 0 Å². The van der Waals surface area contributed by atoms with Crippen molar-refractivity contribution < 1.29 is 9.13 Å². The van der Waals surface area contributed by atoms with Crippen LogP contribution < -0.4 is 16.0 Å². The van der Waals surface area contributed by atoms with Crippen LogP contribution in [0.25, 0.3) is 0 Å². The molecule has 0 amide bonds. The van der Waals surface area contributed by atoms with E-state index in [0.717, 1.165) is 0 Å². The SMILES string of the molecule is CC(COc1ccc(F)cc1Cl)NN.